The first-order chi connectivity index (χ1) is 10.6. The Hall–Kier alpha value is -2.08. The molecule has 1 aromatic carbocycles. The van der Waals surface area contributed by atoms with Crippen LogP contribution in [0.15, 0.2) is 41.4 Å². The number of para-hydroxylation sites is 1. The van der Waals surface area contributed by atoms with Gasteiger partial charge in [0.2, 0.25) is 5.91 Å². The third-order valence-corrected chi connectivity index (χ3v) is 4.57. The molecule has 1 atom stereocenters. The predicted molar refractivity (Wildman–Crippen MR) is 86.8 cm³/mol. The van der Waals surface area contributed by atoms with Gasteiger partial charge in [-0.25, -0.2) is 4.79 Å². The quantitative estimate of drug-likeness (QED) is 0.851. The van der Waals surface area contributed by atoms with Gasteiger partial charge in [-0.2, -0.15) is 0 Å². The molecular weight excluding hydrogens is 298 g/mol. The molecule has 22 heavy (non-hydrogen) atoms. The van der Waals surface area contributed by atoms with Crippen molar-refractivity contribution in [1.82, 2.24) is 15.6 Å². The van der Waals surface area contributed by atoms with E-state index in [9.17, 15) is 9.59 Å². The first kappa shape index (κ1) is 14.8. The first-order valence-corrected chi connectivity index (χ1v) is 8.13. The number of nitrogens with zero attached hydrogens (tertiary/aromatic N) is 1. The van der Waals surface area contributed by atoms with E-state index in [0.717, 1.165) is 28.6 Å². The Labute approximate surface area is 132 Å². The fourth-order valence-electron chi connectivity index (χ4n) is 2.08. The Morgan fingerprint density at radius 1 is 1.27 bits per heavy atom. The van der Waals surface area contributed by atoms with Crippen LogP contribution in [-0.4, -0.2) is 28.2 Å². The molecule has 5 nitrogen and oxygen atoms in total. The standard InChI is InChI=1S/C16H17N3O2S/c1-10(15(20)19-16(21)18-12-7-8-12)22-13-6-2-4-11-5-3-9-17-14(11)13/h2-6,9-10,12H,7-8H2,1H3,(H2,18,19,20,21)/t10-/m1/s1. The zero-order valence-electron chi connectivity index (χ0n) is 12.2. The minimum absolute atomic E-state index is 0.234. The van der Waals surface area contributed by atoms with Crippen LogP contribution in [0.2, 0.25) is 0 Å². The molecule has 1 saturated carbocycles. The number of urea groups is 1. The summed E-state index contributed by atoms with van der Waals surface area (Å²) < 4.78 is 0. The van der Waals surface area contributed by atoms with Gasteiger partial charge in [-0.3, -0.25) is 15.1 Å². The van der Waals surface area contributed by atoms with E-state index in [1.54, 1.807) is 13.1 Å². The van der Waals surface area contributed by atoms with Crippen LogP contribution in [0.5, 0.6) is 0 Å². The Bertz CT molecular complexity index is 710. The lowest BCUT2D eigenvalue weighted by molar-refractivity contribution is -0.119. The summed E-state index contributed by atoms with van der Waals surface area (Å²) in [7, 11) is 0. The zero-order chi connectivity index (χ0) is 15.5. The number of carbonyl (C=O) groups excluding carboxylic acids is 2. The second kappa shape index (κ2) is 6.36. The van der Waals surface area contributed by atoms with Crippen molar-refractivity contribution in [2.75, 3.05) is 0 Å². The molecule has 1 heterocycles. The molecule has 1 aromatic heterocycles. The average molecular weight is 315 g/mol. The Morgan fingerprint density at radius 3 is 2.82 bits per heavy atom. The highest BCUT2D eigenvalue weighted by Gasteiger charge is 2.25. The van der Waals surface area contributed by atoms with E-state index in [0.29, 0.717) is 0 Å². The number of benzene rings is 1. The predicted octanol–water partition coefficient (Wildman–Crippen LogP) is 2.70. The molecule has 1 fully saturated rings. The normalized spacial score (nSPS) is 15.3. The van der Waals surface area contributed by atoms with E-state index in [1.165, 1.54) is 11.8 Å². The van der Waals surface area contributed by atoms with Crippen molar-refractivity contribution in [3.63, 3.8) is 0 Å². The number of hydrogen-bond acceptors (Lipinski definition) is 4. The third-order valence-electron chi connectivity index (χ3n) is 3.42. The summed E-state index contributed by atoms with van der Waals surface area (Å²) in [6.07, 6.45) is 3.72. The fourth-order valence-corrected chi connectivity index (χ4v) is 3.06. The van der Waals surface area contributed by atoms with Crippen molar-refractivity contribution in [1.29, 1.82) is 0 Å². The highest BCUT2D eigenvalue weighted by molar-refractivity contribution is 8.00. The van der Waals surface area contributed by atoms with Crippen LogP contribution < -0.4 is 10.6 Å². The molecule has 1 aliphatic rings. The van der Waals surface area contributed by atoms with Crippen molar-refractivity contribution in [2.24, 2.45) is 0 Å². The van der Waals surface area contributed by atoms with Gasteiger partial charge in [0, 0.05) is 22.5 Å². The number of fused-ring (bicyclic) bond motifs is 1. The lowest BCUT2D eigenvalue weighted by Crippen LogP contribution is -2.43. The molecule has 2 aromatic rings. The lowest BCUT2D eigenvalue weighted by Gasteiger charge is -2.12. The molecule has 0 saturated heterocycles. The summed E-state index contributed by atoms with van der Waals surface area (Å²) in [6, 6.07) is 9.56. The summed E-state index contributed by atoms with van der Waals surface area (Å²) in [5.74, 6) is -0.295. The second-order valence-corrected chi connectivity index (χ2v) is 6.71. The summed E-state index contributed by atoms with van der Waals surface area (Å²) in [5.41, 5.74) is 0.872. The topological polar surface area (TPSA) is 71.1 Å². The highest BCUT2D eigenvalue weighted by atomic mass is 32.2. The van der Waals surface area contributed by atoms with Gasteiger partial charge >= 0.3 is 6.03 Å². The van der Waals surface area contributed by atoms with E-state index in [2.05, 4.69) is 15.6 Å². The molecule has 0 aliphatic heterocycles. The molecule has 3 rings (SSSR count). The minimum atomic E-state index is -0.406. The molecule has 6 heteroatoms. The number of thioether (sulfide) groups is 1. The maximum absolute atomic E-state index is 12.1. The summed E-state index contributed by atoms with van der Waals surface area (Å²) >= 11 is 1.40. The van der Waals surface area contributed by atoms with Crippen molar-refractivity contribution in [3.05, 3.63) is 36.5 Å². The summed E-state index contributed by atoms with van der Waals surface area (Å²) in [5, 5.41) is 5.79. The van der Waals surface area contributed by atoms with Crippen LogP contribution in [0.3, 0.4) is 0 Å². The Kier molecular flexibility index (Phi) is 4.29. The van der Waals surface area contributed by atoms with E-state index in [4.69, 9.17) is 0 Å². The molecule has 0 spiro atoms. The summed E-state index contributed by atoms with van der Waals surface area (Å²) in [6.45, 7) is 1.78. The highest BCUT2D eigenvalue weighted by Crippen LogP contribution is 2.29. The molecule has 3 amide bonds. The number of amides is 3. The van der Waals surface area contributed by atoms with Gasteiger partial charge in [-0.1, -0.05) is 18.2 Å². The number of nitrogens with one attached hydrogen (secondary N) is 2. The average Bonchev–Trinajstić information content (AvgIpc) is 3.31. The number of carbonyl (C=O) groups is 2. The molecule has 0 bridgehead atoms. The zero-order valence-corrected chi connectivity index (χ0v) is 13.0. The van der Waals surface area contributed by atoms with Gasteiger partial charge in [0.25, 0.3) is 0 Å². The largest absolute Gasteiger partial charge is 0.335 e. The Balaban J connectivity index is 1.65. The first-order valence-electron chi connectivity index (χ1n) is 7.25. The molecular formula is C16H17N3O2S. The van der Waals surface area contributed by atoms with E-state index in [-0.39, 0.29) is 17.2 Å². The van der Waals surface area contributed by atoms with Crippen molar-refractivity contribution in [2.45, 2.75) is 36.0 Å². The third kappa shape index (κ3) is 3.57. The molecule has 0 unspecified atom stereocenters. The molecule has 114 valence electrons. The molecule has 2 N–H and O–H groups in total. The van der Waals surface area contributed by atoms with Gasteiger partial charge < -0.3 is 5.32 Å². The van der Waals surface area contributed by atoms with E-state index < -0.39 is 6.03 Å². The Morgan fingerprint density at radius 2 is 2.05 bits per heavy atom. The fraction of sp³-hybridized carbons (Fsp3) is 0.312. The monoisotopic (exact) mass is 315 g/mol. The van der Waals surface area contributed by atoms with E-state index in [1.807, 2.05) is 30.3 Å². The number of pyridine rings is 1. The van der Waals surface area contributed by atoms with Crippen molar-refractivity contribution in [3.8, 4) is 0 Å². The van der Waals surface area contributed by atoms with Crippen molar-refractivity contribution < 1.29 is 9.59 Å². The number of hydrogen-bond donors (Lipinski definition) is 2. The van der Waals surface area contributed by atoms with Gasteiger partial charge in [0.05, 0.1) is 10.8 Å². The minimum Gasteiger partial charge on any atom is -0.335 e. The van der Waals surface area contributed by atoms with Gasteiger partial charge in [-0.15, -0.1) is 11.8 Å². The van der Waals surface area contributed by atoms with Crippen molar-refractivity contribution >= 4 is 34.6 Å². The number of aromatic nitrogens is 1. The van der Waals surface area contributed by atoms with Crippen LogP contribution in [0.25, 0.3) is 10.9 Å². The summed E-state index contributed by atoms with van der Waals surface area (Å²) in [4.78, 5) is 29.0. The smallest absolute Gasteiger partial charge is 0.321 e. The maximum Gasteiger partial charge on any atom is 0.321 e. The maximum atomic E-state index is 12.1. The van der Waals surface area contributed by atoms with Gasteiger partial charge in [0.1, 0.15) is 0 Å². The SMILES string of the molecule is C[C@@H](Sc1cccc2cccnc12)C(=O)NC(=O)NC1CC1. The lowest BCUT2D eigenvalue weighted by atomic mass is 10.2. The van der Waals surface area contributed by atoms with Crippen LogP contribution in [0.4, 0.5) is 4.79 Å². The van der Waals surface area contributed by atoms with Crippen LogP contribution >= 0.6 is 11.8 Å². The van der Waals surface area contributed by atoms with Crippen LogP contribution in [-0.2, 0) is 4.79 Å². The van der Waals surface area contributed by atoms with Crippen LogP contribution in [0.1, 0.15) is 19.8 Å². The molecule has 1 aliphatic carbocycles. The number of rotatable bonds is 4. The number of imide groups is 1. The molecule has 0 radical (unpaired) electrons. The van der Waals surface area contributed by atoms with Crippen LogP contribution in [0, 0.1) is 0 Å². The second-order valence-electron chi connectivity index (χ2n) is 5.33. The van der Waals surface area contributed by atoms with E-state index >= 15 is 0 Å². The van der Waals surface area contributed by atoms with Gasteiger partial charge in [-0.05, 0) is 31.9 Å². The van der Waals surface area contributed by atoms with Gasteiger partial charge in [0.15, 0.2) is 0 Å².